The fourth-order valence-corrected chi connectivity index (χ4v) is 2.43. The van der Waals surface area contributed by atoms with Crippen molar-refractivity contribution in [3.05, 3.63) is 64.9 Å². The first kappa shape index (κ1) is 15.4. The van der Waals surface area contributed by atoms with Crippen LogP contribution in [0.1, 0.15) is 15.9 Å². The van der Waals surface area contributed by atoms with Gasteiger partial charge in [0.2, 0.25) is 5.13 Å². The Hall–Kier alpha value is -2.51. The summed E-state index contributed by atoms with van der Waals surface area (Å²) in [6.07, 6.45) is 3.10. The highest BCUT2D eigenvalue weighted by Gasteiger charge is 2.10. The number of benzene rings is 1. The van der Waals surface area contributed by atoms with Crippen molar-refractivity contribution in [3.63, 3.8) is 0 Å². The summed E-state index contributed by atoms with van der Waals surface area (Å²) in [6, 6.07) is 10.6. The average molecular weight is 347 g/mol. The van der Waals surface area contributed by atoms with Gasteiger partial charge in [-0.1, -0.05) is 28.8 Å². The van der Waals surface area contributed by atoms with Crippen LogP contribution < -0.4 is 10.1 Å². The molecule has 0 saturated carbocycles. The molecule has 23 heavy (non-hydrogen) atoms. The van der Waals surface area contributed by atoms with Gasteiger partial charge < -0.3 is 4.74 Å². The predicted molar refractivity (Wildman–Crippen MR) is 87.9 cm³/mol. The van der Waals surface area contributed by atoms with Crippen molar-refractivity contribution in [3.8, 4) is 5.19 Å². The molecule has 0 fully saturated rings. The molecule has 6 nitrogen and oxygen atoms in total. The Morgan fingerprint density at radius 2 is 1.87 bits per heavy atom. The fourth-order valence-electron chi connectivity index (χ4n) is 1.72. The Bertz CT molecular complexity index is 793. The molecule has 1 amide bonds. The molecule has 1 N–H and O–H groups in total. The molecule has 3 aromatic rings. The average Bonchev–Trinajstić information content (AvgIpc) is 3.02. The monoisotopic (exact) mass is 346 g/mol. The lowest BCUT2D eigenvalue weighted by Gasteiger charge is -2.01. The van der Waals surface area contributed by atoms with Gasteiger partial charge in [-0.15, -0.1) is 5.10 Å². The summed E-state index contributed by atoms with van der Waals surface area (Å²) in [7, 11) is 0. The third-order valence-electron chi connectivity index (χ3n) is 2.85. The van der Waals surface area contributed by atoms with E-state index in [0.717, 1.165) is 16.9 Å². The number of amides is 1. The lowest BCUT2D eigenvalue weighted by molar-refractivity contribution is 0.102. The minimum atomic E-state index is -0.271. The van der Waals surface area contributed by atoms with E-state index in [0.29, 0.717) is 27.5 Å². The summed E-state index contributed by atoms with van der Waals surface area (Å²) in [5, 5.41) is 11.9. The zero-order chi connectivity index (χ0) is 16.1. The highest BCUT2D eigenvalue weighted by molar-refractivity contribution is 7.17. The summed E-state index contributed by atoms with van der Waals surface area (Å²) >= 11 is 6.99. The molecule has 3 rings (SSSR count). The number of anilines is 1. The molecule has 0 atom stereocenters. The molecule has 2 heterocycles. The standard InChI is InChI=1S/C15H11ClN4O2S/c16-12-3-1-10(2-4-12)9-22-15-20-19-14(23-15)18-13(21)11-5-7-17-8-6-11/h1-8H,9H2,(H,18,19,21). The number of aromatic nitrogens is 3. The zero-order valence-electron chi connectivity index (χ0n) is 11.8. The van der Waals surface area contributed by atoms with Crippen LogP contribution in [0.15, 0.2) is 48.8 Å². The maximum Gasteiger partial charge on any atom is 0.296 e. The van der Waals surface area contributed by atoms with Crippen LogP contribution in [0.4, 0.5) is 5.13 Å². The van der Waals surface area contributed by atoms with Gasteiger partial charge in [0.25, 0.3) is 11.1 Å². The predicted octanol–water partition coefficient (Wildman–Crippen LogP) is 3.42. The second-order valence-electron chi connectivity index (χ2n) is 4.48. The molecule has 0 aliphatic heterocycles. The van der Waals surface area contributed by atoms with Crippen molar-refractivity contribution in [1.29, 1.82) is 0 Å². The smallest absolute Gasteiger partial charge is 0.296 e. The first-order chi connectivity index (χ1) is 11.2. The number of halogens is 1. The number of ether oxygens (including phenoxy) is 1. The Kier molecular flexibility index (Phi) is 4.80. The van der Waals surface area contributed by atoms with Gasteiger partial charge in [-0.3, -0.25) is 15.1 Å². The molecule has 0 unspecified atom stereocenters. The van der Waals surface area contributed by atoms with E-state index in [2.05, 4.69) is 20.5 Å². The molecule has 0 radical (unpaired) electrons. The molecule has 0 aliphatic carbocycles. The molecule has 116 valence electrons. The van der Waals surface area contributed by atoms with Gasteiger partial charge in [-0.05, 0) is 41.2 Å². The van der Waals surface area contributed by atoms with E-state index in [4.69, 9.17) is 16.3 Å². The highest BCUT2D eigenvalue weighted by Crippen LogP contribution is 2.23. The molecule has 8 heteroatoms. The largest absolute Gasteiger partial charge is 0.464 e. The summed E-state index contributed by atoms with van der Waals surface area (Å²) in [5.41, 5.74) is 1.46. The van der Waals surface area contributed by atoms with Crippen molar-refractivity contribution < 1.29 is 9.53 Å². The molecular formula is C15H11ClN4O2S. The minimum Gasteiger partial charge on any atom is -0.464 e. The van der Waals surface area contributed by atoms with Crippen molar-refractivity contribution in [1.82, 2.24) is 15.2 Å². The topological polar surface area (TPSA) is 77.0 Å². The Labute approximate surface area is 141 Å². The van der Waals surface area contributed by atoms with Gasteiger partial charge in [0.05, 0.1) is 0 Å². The summed E-state index contributed by atoms with van der Waals surface area (Å²) in [5.74, 6) is -0.271. The highest BCUT2D eigenvalue weighted by atomic mass is 35.5. The number of rotatable bonds is 5. The van der Waals surface area contributed by atoms with Gasteiger partial charge in [0.15, 0.2) is 0 Å². The number of carbonyl (C=O) groups is 1. The van der Waals surface area contributed by atoms with E-state index in [1.165, 1.54) is 0 Å². The number of nitrogens with zero attached hydrogens (tertiary/aromatic N) is 3. The first-order valence-electron chi connectivity index (χ1n) is 6.63. The second kappa shape index (κ2) is 7.17. The van der Waals surface area contributed by atoms with Crippen molar-refractivity contribution in [2.75, 3.05) is 5.32 Å². The van der Waals surface area contributed by atoms with Gasteiger partial charge in [0, 0.05) is 23.0 Å². The third-order valence-corrected chi connectivity index (χ3v) is 3.85. The Morgan fingerprint density at radius 1 is 1.13 bits per heavy atom. The van der Waals surface area contributed by atoms with Gasteiger partial charge in [0.1, 0.15) is 6.61 Å². The van der Waals surface area contributed by atoms with Gasteiger partial charge >= 0.3 is 0 Å². The third kappa shape index (κ3) is 4.24. The van der Waals surface area contributed by atoms with Crippen molar-refractivity contribution >= 4 is 34.0 Å². The van der Waals surface area contributed by atoms with Crippen LogP contribution in [0.3, 0.4) is 0 Å². The Balaban J connectivity index is 1.57. The van der Waals surface area contributed by atoms with Crippen molar-refractivity contribution in [2.24, 2.45) is 0 Å². The number of hydrogen-bond acceptors (Lipinski definition) is 6. The SMILES string of the molecule is O=C(Nc1nnc(OCc2ccc(Cl)cc2)s1)c1ccncc1. The normalized spacial score (nSPS) is 10.3. The Morgan fingerprint density at radius 3 is 2.61 bits per heavy atom. The van der Waals surface area contributed by atoms with Crippen LogP contribution in [0.25, 0.3) is 0 Å². The van der Waals surface area contributed by atoms with E-state index in [1.807, 2.05) is 12.1 Å². The van der Waals surface area contributed by atoms with Gasteiger partial charge in [-0.2, -0.15) is 0 Å². The maximum atomic E-state index is 12.0. The number of nitrogens with one attached hydrogen (secondary N) is 1. The molecule has 2 aromatic heterocycles. The zero-order valence-corrected chi connectivity index (χ0v) is 13.3. The molecule has 0 spiro atoms. The summed E-state index contributed by atoms with van der Waals surface area (Å²) < 4.78 is 5.54. The van der Waals surface area contributed by atoms with Crippen LogP contribution in [-0.2, 0) is 6.61 Å². The lowest BCUT2D eigenvalue weighted by atomic mass is 10.2. The molecule has 0 aliphatic rings. The number of pyridine rings is 1. The summed E-state index contributed by atoms with van der Waals surface area (Å²) in [4.78, 5) is 15.8. The van der Waals surface area contributed by atoms with Crippen molar-refractivity contribution in [2.45, 2.75) is 6.61 Å². The van der Waals surface area contributed by atoms with Crippen LogP contribution in [0.2, 0.25) is 5.02 Å². The number of carbonyl (C=O) groups excluding carboxylic acids is 1. The second-order valence-corrected chi connectivity index (χ2v) is 5.85. The van der Waals surface area contributed by atoms with E-state index in [9.17, 15) is 4.79 Å². The van der Waals surface area contributed by atoms with E-state index >= 15 is 0 Å². The first-order valence-corrected chi connectivity index (χ1v) is 7.82. The van der Waals surface area contributed by atoms with Crippen LogP contribution in [-0.4, -0.2) is 21.1 Å². The fraction of sp³-hybridized carbons (Fsp3) is 0.0667. The van der Waals surface area contributed by atoms with E-state index in [-0.39, 0.29) is 5.91 Å². The molecule has 1 aromatic carbocycles. The molecule has 0 saturated heterocycles. The van der Waals surface area contributed by atoms with Gasteiger partial charge in [-0.25, -0.2) is 0 Å². The summed E-state index contributed by atoms with van der Waals surface area (Å²) in [6.45, 7) is 0.351. The number of hydrogen-bond donors (Lipinski definition) is 1. The van der Waals surface area contributed by atoms with E-state index < -0.39 is 0 Å². The lowest BCUT2D eigenvalue weighted by Crippen LogP contribution is -2.11. The molecule has 0 bridgehead atoms. The van der Waals surface area contributed by atoms with Crippen LogP contribution in [0.5, 0.6) is 5.19 Å². The minimum absolute atomic E-state index is 0.271. The molecular weight excluding hydrogens is 336 g/mol. The quantitative estimate of drug-likeness (QED) is 0.766. The van der Waals surface area contributed by atoms with Crippen LogP contribution >= 0.6 is 22.9 Å². The van der Waals surface area contributed by atoms with E-state index in [1.54, 1.807) is 36.7 Å². The van der Waals surface area contributed by atoms with Crippen LogP contribution in [0, 0.1) is 0 Å². The maximum absolute atomic E-state index is 12.0.